The van der Waals surface area contributed by atoms with Crippen molar-refractivity contribution in [1.29, 1.82) is 0 Å². The van der Waals surface area contributed by atoms with Gasteiger partial charge in [-0.15, -0.1) is 11.3 Å². The number of rotatable bonds is 4. The van der Waals surface area contributed by atoms with Crippen LogP contribution in [0, 0.1) is 0 Å². The van der Waals surface area contributed by atoms with Crippen molar-refractivity contribution in [3.63, 3.8) is 0 Å². The number of carbonyl (C=O) groups excluding carboxylic acids is 1. The highest BCUT2D eigenvalue weighted by Crippen LogP contribution is 2.25. The van der Waals surface area contributed by atoms with Crippen molar-refractivity contribution in [3.8, 4) is 11.3 Å². The molecule has 0 bridgehead atoms. The second-order valence-electron chi connectivity index (χ2n) is 5.55. The maximum Gasteiger partial charge on any atom is 0.323 e. The fourth-order valence-electron chi connectivity index (χ4n) is 2.73. The van der Waals surface area contributed by atoms with E-state index in [4.69, 9.17) is 0 Å². The molecule has 2 amide bonds. The highest BCUT2D eigenvalue weighted by molar-refractivity contribution is 7.91. The van der Waals surface area contributed by atoms with Gasteiger partial charge in [-0.25, -0.2) is 18.2 Å². The van der Waals surface area contributed by atoms with Crippen LogP contribution in [0.1, 0.15) is 13.3 Å². The lowest BCUT2D eigenvalue weighted by Crippen LogP contribution is -2.43. The molecule has 3 rings (SSSR count). The molecule has 0 unspecified atom stereocenters. The Morgan fingerprint density at radius 1 is 1.50 bits per heavy atom. The quantitative estimate of drug-likeness (QED) is 0.896. The molecule has 24 heavy (non-hydrogen) atoms. The number of urea groups is 1. The van der Waals surface area contributed by atoms with E-state index >= 15 is 0 Å². The molecule has 9 heteroatoms. The van der Waals surface area contributed by atoms with Crippen molar-refractivity contribution >= 4 is 32.3 Å². The highest BCUT2D eigenvalue weighted by Gasteiger charge is 2.34. The van der Waals surface area contributed by atoms with Gasteiger partial charge in [-0.2, -0.15) is 0 Å². The van der Waals surface area contributed by atoms with Crippen molar-refractivity contribution in [2.75, 3.05) is 23.4 Å². The summed E-state index contributed by atoms with van der Waals surface area (Å²) in [6, 6.07) is 3.14. The average molecular weight is 366 g/mol. The molecule has 128 valence electrons. The topological polar surface area (TPSA) is 92.3 Å². The van der Waals surface area contributed by atoms with E-state index in [0.717, 1.165) is 11.3 Å². The smallest absolute Gasteiger partial charge is 0.321 e. The zero-order valence-corrected chi connectivity index (χ0v) is 14.8. The lowest BCUT2D eigenvalue weighted by Gasteiger charge is -2.26. The largest absolute Gasteiger partial charge is 0.323 e. The summed E-state index contributed by atoms with van der Waals surface area (Å²) in [5.74, 6) is 0.177. The number of amides is 2. The first kappa shape index (κ1) is 16.8. The summed E-state index contributed by atoms with van der Waals surface area (Å²) < 4.78 is 23.3. The van der Waals surface area contributed by atoms with E-state index in [1.165, 1.54) is 11.3 Å². The molecule has 2 aromatic rings. The zero-order valence-electron chi connectivity index (χ0n) is 13.2. The van der Waals surface area contributed by atoms with Crippen molar-refractivity contribution in [1.82, 2.24) is 14.9 Å². The van der Waals surface area contributed by atoms with Gasteiger partial charge in [0.2, 0.25) is 0 Å². The lowest BCUT2D eigenvalue weighted by molar-refractivity contribution is 0.197. The van der Waals surface area contributed by atoms with Crippen LogP contribution < -0.4 is 5.32 Å². The van der Waals surface area contributed by atoms with Crippen LogP contribution >= 0.6 is 11.3 Å². The molecule has 1 aliphatic rings. The number of sulfone groups is 1. The molecule has 0 aliphatic carbocycles. The van der Waals surface area contributed by atoms with Gasteiger partial charge in [-0.1, -0.05) is 0 Å². The molecule has 1 N–H and O–H groups in total. The summed E-state index contributed by atoms with van der Waals surface area (Å²) in [5, 5.41) is 5.10. The van der Waals surface area contributed by atoms with Crippen LogP contribution in [-0.4, -0.2) is 53.4 Å². The van der Waals surface area contributed by atoms with Gasteiger partial charge in [0, 0.05) is 35.9 Å². The third-order valence-corrected chi connectivity index (χ3v) is 6.43. The Morgan fingerprint density at radius 2 is 2.33 bits per heavy atom. The molecule has 1 saturated heterocycles. The minimum Gasteiger partial charge on any atom is -0.321 e. The third kappa shape index (κ3) is 3.73. The molecule has 1 fully saturated rings. The highest BCUT2D eigenvalue weighted by atomic mass is 32.2. The Balaban J connectivity index is 1.69. The van der Waals surface area contributed by atoms with Gasteiger partial charge in [0.05, 0.1) is 17.2 Å². The fraction of sp³-hybridized carbons (Fsp3) is 0.400. The van der Waals surface area contributed by atoms with E-state index in [1.807, 2.05) is 24.4 Å². The predicted molar refractivity (Wildman–Crippen MR) is 93.8 cm³/mol. The SMILES string of the molecule is CCN(C(=O)Nc1nc(-c2cccnc2)cs1)[C@H]1CCS(=O)(=O)C1. The van der Waals surface area contributed by atoms with Gasteiger partial charge in [-0.05, 0) is 25.5 Å². The van der Waals surface area contributed by atoms with Gasteiger partial charge >= 0.3 is 6.03 Å². The Kier molecular flexibility index (Phi) is 4.81. The Bertz CT molecular complexity index is 820. The number of anilines is 1. The first-order valence-electron chi connectivity index (χ1n) is 7.62. The molecule has 2 aromatic heterocycles. The lowest BCUT2D eigenvalue weighted by atomic mass is 10.2. The predicted octanol–water partition coefficient (Wildman–Crippen LogP) is 2.25. The molecule has 0 aromatic carbocycles. The van der Waals surface area contributed by atoms with Crippen LogP contribution in [0.25, 0.3) is 11.3 Å². The van der Waals surface area contributed by atoms with Gasteiger partial charge in [0.25, 0.3) is 0 Å². The molecule has 7 nitrogen and oxygen atoms in total. The second kappa shape index (κ2) is 6.86. The Hall–Kier alpha value is -2.00. The molecule has 0 spiro atoms. The summed E-state index contributed by atoms with van der Waals surface area (Å²) in [6.07, 6.45) is 3.89. The molecule has 0 radical (unpaired) electrons. The van der Waals surface area contributed by atoms with Crippen LogP contribution in [0.15, 0.2) is 29.9 Å². The summed E-state index contributed by atoms with van der Waals surface area (Å²) in [7, 11) is -3.03. The van der Waals surface area contributed by atoms with Gasteiger partial charge in [-0.3, -0.25) is 10.3 Å². The van der Waals surface area contributed by atoms with Crippen LogP contribution in [-0.2, 0) is 9.84 Å². The number of hydrogen-bond acceptors (Lipinski definition) is 6. The third-order valence-electron chi connectivity index (χ3n) is 3.93. The summed E-state index contributed by atoms with van der Waals surface area (Å²) >= 11 is 1.33. The van der Waals surface area contributed by atoms with Crippen molar-refractivity contribution in [2.45, 2.75) is 19.4 Å². The van der Waals surface area contributed by atoms with Crippen LogP contribution in [0.2, 0.25) is 0 Å². The number of nitrogens with one attached hydrogen (secondary N) is 1. The molecular formula is C15H18N4O3S2. The first-order chi connectivity index (χ1) is 11.5. The molecule has 0 saturated carbocycles. The van der Waals surface area contributed by atoms with E-state index in [-0.39, 0.29) is 23.6 Å². The van der Waals surface area contributed by atoms with Gasteiger partial charge in [0.15, 0.2) is 15.0 Å². The van der Waals surface area contributed by atoms with Crippen LogP contribution in [0.4, 0.5) is 9.93 Å². The number of pyridine rings is 1. The van der Waals surface area contributed by atoms with E-state index < -0.39 is 9.84 Å². The second-order valence-corrected chi connectivity index (χ2v) is 8.64. The number of nitrogens with zero attached hydrogens (tertiary/aromatic N) is 3. The number of carbonyl (C=O) groups is 1. The van der Waals surface area contributed by atoms with Gasteiger partial charge in [0.1, 0.15) is 0 Å². The van der Waals surface area contributed by atoms with Crippen molar-refractivity contribution < 1.29 is 13.2 Å². The Labute approximate surface area is 144 Å². The summed E-state index contributed by atoms with van der Waals surface area (Å²) in [6.45, 7) is 2.29. The number of aromatic nitrogens is 2. The number of thiazole rings is 1. The van der Waals surface area contributed by atoms with E-state index in [9.17, 15) is 13.2 Å². The minimum absolute atomic E-state index is 0.0348. The van der Waals surface area contributed by atoms with E-state index in [0.29, 0.717) is 18.1 Å². The molecule has 3 heterocycles. The fourth-order valence-corrected chi connectivity index (χ4v) is 5.17. The van der Waals surface area contributed by atoms with Crippen molar-refractivity contribution in [3.05, 3.63) is 29.9 Å². The zero-order chi connectivity index (χ0) is 17.2. The monoisotopic (exact) mass is 366 g/mol. The van der Waals surface area contributed by atoms with Crippen LogP contribution in [0.5, 0.6) is 0 Å². The van der Waals surface area contributed by atoms with Gasteiger partial charge < -0.3 is 4.90 Å². The van der Waals surface area contributed by atoms with E-state index in [1.54, 1.807) is 17.3 Å². The first-order valence-corrected chi connectivity index (χ1v) is 10.3. The van der Waals surface area contributed by atoms with E-state index in [2.05, 4.69) is 15.3 Å². The van der Waals surface area contributed by atoms with Crippen LogP contribution in [0.3, 0.4) is 0 Å². The summed E-state index contributed by atoms with van der Waals surface area (Å²) in [4.78, 5) is 22.5. The normalized spacial score (nSPS) is 19.1. The maximum atomic E-state index is 12.5. The summed E-state index contributed by atoms with van der Waals surface area (Å²) in [5.41, 5.74) is 1.62. The average Bonchev–Trinajstić information content (AvgIpc) is 3.16. The molecule has 1 aliphatic heterocycles. The number of hydrogen-bond donors (Lipinski definition) is 1. The Morgan fingerprint density at radius 3 is 2.96 bits per heavy atom. The standard InChI is InChI=1S/C15H18N4O3S2/c1-2-19(12-5-7-24(21,22)10-12)15(20)18-14-17-13(9-23-14)11-4-3-6-16-8-11/h3-4,6,8-9,12H,2,5,7,10H2,1H3,(H,17,18,20)/t12-/m0/s1. The maximum absolute atomic E-state index is 12.5. The molecule has 1 atom stereocenters. The molecular weight excluding hydrogens is 348 g/mol. The minimum atomic E-state index is -3.03. The van der Waals surface area contributed by atoms with Crippen molar-refractivity contribution in [2.24, 2.45) is 0 Å².